The Morgan fingerprint density at radius 3 is 1.32 bits per heavy atom. The molecule has 3 rings (SSSR count). The first kappa shape index (κ1) is 16.1. The van der Waals surface area contributed by atoms with E-state index in [1.165, 1.54) is 12.1 Å². The minimum absolute atomic E-state index is 0.0204. The number of benzene rings is 3. The van der Waals surface area contributed by atoms with Gasteiger partial charge >= 0.3 is 0 Å². The lowest BCUT2D eigenvalue weighted by molar-refractivity contribution is -0.384. The monoisotopic (exact) mass is 331 g/mol. The number of rotatable bonds is 5. The number of nitrogens with zero attached hydrogens (tertiary/aromatic N) is 5. The lowest BCUT2D eigenvalue weighted by Crippen LogP contribution is -1.85. The van der Waals surface area contributed by atoms with Gasteiger partial charge < -0.3 is 0 Å². The summed E-state index contributed by atoms with van der Waals surface area (Å²) in [5.41, 5.74) is 2.70. The zero-order valence-corrected chi connectivity index (χ0v) is 13.1. The maximum Gasteiger partial charge on any atom is 0.269 e. The molecule has 0 bridgehead atoms. The highest BCUT2D eigenvalue weighted by Gasteiger charge is 2.03. The van der Waals surface area contributed by atoms with Crippen LogP contribution in [0.2, 0.25) is 0 Å². The summed E-state index contributed by atoms with van der Waals surface area (Å²) in [6, 6.07) is 22.5. The summed E-state index contributed by atoms with van der Waals surface area (Å²) < 4.78 is 0. The van der Waals surface area contributed by atoms with Crippen LogP contribution < -0.4 is 0 Å². The van der Waals surface area contributed by atoms with Crippen LogP contribution in [0.4, 0.5) is 28.4 Å². The quantitative estimate of drug-likeness (QED) is 0.306. The highest BCUT2D eigenvalue weighted by molar-refractivity contribution is 5.49. The topological polar surface area (TPSA) is 92.6 Å². The predicted molar refractivity (Wildman–Crippen MR) is 94.3 cm³/mol. The Labute approximate surface area is 143 Å². The van der Waals surface area contributed by atoms with Gasteiger partial charge in [-0.15, -0.1) is 0 Å². The number of hydrogen-bond acceptors (Lipinski definition) is 6. The fourth-order valence-corrected chi connectivity index (χ4v) is 1.95. The summed E-state index contributed by atoms with van der Waals surface area (Å²) in [7, 11) is 0. The van der Waals surface area contributed by atoms with Gasteiger partial charge in [-0.05, 0) is 48.5 Å². The van der Waals surface area contributed by atoms with Crippen LogP contribution in [0.3, 0.4) is 0 Å². The number of nitro benzene ring substituents is 1. The summed E-state index contributed by atoms with van der Waals surface area (Å²) in [4.78, 5) is 10.1. The van der Waals surface area contributed by atoms with E-state index in [4.69, 9.17) is 0 Å². The molecule has 0 aromatic heterocycles. The zero-order valence-electron chi connectivity index (χ0n) is 13.1. The van der Waals surface area contributed by atoms with Crippen LogP contribution in [0, 0.1) is 10.1 Å². The second-order valence-corrected chi connectivity index (χ2v) is 5.03. The third-order valence-electron chi connectivity index (χ3n) is 3.23. The minimum atomic E-state index is -0.455. The van der Waals surface area contributed by atoms with Gasteiger partial charge in [0, 0.05) is 12.1 Å². The van der Waals surface area contributed by atoms with Crippen molar-refractivity contribution in [1.82, 2.24) is 0 Å². The van der Waals surface area contributed by atoms with E-state index in [9.17, 15) is 10.1 Å². The zero-order chi connectivity index (χ0) is 17.5. The van der Waals surface area contributed by atoms with Crippen molar-refractivity contribution in [2.75, 3.05) is 0 Å². The second kappa shape index (κ2) is 7.69. The van der Waals surface area contributed by atoms with Gasteiger partial charge in [0.1, 0.15) is 0 Å². The second-order valence-electron chi connectivity index (χ2n) is 5.03. The van der Waals surface area contributed by atoms with E-state index in [0.717, 1.165) is 5.69 Å². The third kappa shape index (κ3) is 4.61. The van der Waals surface area contributed by atoms with Crippen molar-refractivity contribution in [2.24, 2.45) is 20.5 Å². The summed E-state index contributed by atoms with van der Waals surface area (Å²) in [5, 5.41) is 27.0. The highest BCUT2D eigenvalue weighted by atomic mass is 16.6. The molecule has 0 fully saturated rings. The van der Waals surface area contributed by atoms with Gasteiger partial charge in [0.2, 0.25) is 0 Å². The minimum Gasteiger partial charge on any atom is -0.258 e. The first-order valence-electron chi connectivity index (χ1n) is 7.44. The Balaban J connectivity index is 1.66. The first-order chi connectivity index (χ1) is 12.2. The Morgan fingerprint density at radius 2 is 0.920 bits per heavy atom. The number of hydrogen-bond donors (Lipinski definition) is 0. The molecular formula is C18H13N5O2. The van der Waals surface area contributed by atoms with E-state index in [2.05, 4.69) is 20.5 Å². The Bertz CT molecular complexity index is 904. The lowest BCUT2D eigenvalue weighted by Gasteiger charge is -1.95. The molecule has 0 aliphatic heterocycles. The molecule has 0 unspecified atom stereocenters. The Hall–Kier alpha value is -3.74. The molecule has 0 aliphatic rings. The van der Waals surface area contributed by atoms with Gasteiger partial charge in [0.25, 0.3) is 5.69 Å². The lowest BCUT2D eigenvalue weighted by atomic mass is 10.3. The highest BCUT2D eigenvalue weighted by Crippen LogP contribution is 2.24. The van der Waals surface area contributed by atoms with E-state index in [1.54, 1.807) is 36.4 Å². The summed E-state index contributed by atoms with van der Waals surface area (Å²) >= 11 is 0. The van der Waals surface area contributed by atoms with Crippen LogP contribution in [0.5, 0.6) is 0 Å². The molecule has 0 aliphatic carbocycles. The summed E-state index contributed by atoms with van der Waals surface area (Å²) in [6.07, 6.45) is 0. The van der Waals surface area contributed by atoms with Crippen LogP contribution in [0.25, 0.3) is 0 Å². The molecule has 0 N–H and O–H groups in total. The van der Waals surface area contributed by atoms with Crippen molar-refractivity contribution < 1.29 is 4.92 Å². The molecule has 0 amide bonds. The van der Waals surface area contributed by atoms with Crippen molar-refractivity contribution in [3.63, 3.8) is 0 Å². The molecule has 0 saturated carbocycles. The predicted octanol–water partition coefficient (Wildman–Crippen LogP) is 6.43. The average Bonchev–Trinajstić information content (AvgIpc) is 2.67. The summed E-state index contributed by atoms with van der Waals surface area (Å²) in [5.74, 6) is 0. The molecule has 122 valence electrons. The summed E-state index contributed by atoms with van der Waals surface area (Å²) in [6.45, 7) is 0. The van der Waals surface area contributed by atoms with Crippen molar-refractivity contribution in [2.45, 2.75) is 0 Å². The van der Waals surface area contributed by atoms with Crippen molar-refractivity contribution in [3.05, 3.63) is 89.0 Å². The largest absolute Gasteiger partial charge is 0.269 e. The molecule has 0 spiro atoms. The van der Waals surface area contributed by atoms with Crippen LogP contribution in [0.15, 0.2) is 99.3 Å². The van der Waals surface area contributed by atoms with Crippen LogP contribution in [0.1, 0.15) is 0 Å². The number of nitro groups is 1. The van der Waals surface area contributed by atoms with Crippen LogP contribution in [-0.2, 0) is 0 Å². The molecule has 25 heavy (non-hydrogen) atoms. The molecule has 7 nitrogen and oxygen atoms in total. The van der Waals surface area contributed by atoms with Gasteiger partial charge in [-0.3, -0.25) is 10.1 Å². The van der Waals surface area contributed by atoms with E-state index in [1.807, 2.05) is 30.3 Å². The maximum absolute atomic E-state index is 10.6. The smallest absolute Gasteiger partial charge is 0.258 e. The maximum atomic E-state index is 10.6. The van der Waals surface area contributed by atoms with Gasteiger partial charge in [0.05, 0.1) is 27.7 Å². The molecule has 0 radical (unpaired) electrons. The average molecular weight is 331 g/mol. The third-order valence-corrected chi connectivity index (χ3v) is 3.23. The fourth-order valence-electron chi connectivity index (χ4n) is 1.95. The van der Waals surface area contributed by atoms with Gasteiger partial charge in [-0.2, -0.15) is 20.5 Å². The molecule has 3 aromatic carbocycles. The molecule has 0 atom stereocenters. The Kier molecular flexibility index (Phi) is 4.96. The molecule has 3 aromatic rings. The molecular weight excluding hydrogens is 318 g/mol. The normalized spacial score (nSPS) is 11.2. The SMILES string of the molecule is O=[N+]([O-])c1ccc(N=Nc2ccc(N=Nc3ccccc3)cc2)cc1. The van der Waals surface area contributed by atoms with Gasteiger partial charge in [0.15, 0.2) is 0 Å². The van der Waals surface area contributed by atoms with Crippen LogP contribution >= 0.6 is 0 Å². The van der Waals surface area contributed by atoms with Crippen LogP contribution in [-0.4, -0.2) is 4.92 Å². The van der Waals surface area contributed by atoms with E-state index >= 15 is 0 Å². The standard InChI is InChI=1S/C18H13N5O2/c24-23(25)18-12-10-17(11-13-18)22-21-16-8-6-15(7-9-16)20-19-14-4-2-1-3-5-14/h1-13H. The van der Waals surface area contributed by atoms with E-state index in [0.29, 0.717) is 17.1 Å². The van der Waals surface area contributed by atoms with E-state index in [-0.39, 0.29) is 5.69 Å². The van der Waals surface area contributed by atoms with Crippen molar-refractivity contribution in [1.29, 1.82) is 0 Å². The molecule has 0 heterocycles. The van der Waals surface area contributed by atoms with Gasteiger partial charge in [-0.1, -0.05) is 18.2 Å². The van der Waals surface area contributed by atoms with E-state index < -0.39 is 4.92 Å². The Morgan fingerprint density at radius 1 is 0.560 bits per heavy atom. The van der Waals surface area contributed by atoms with Crippen molar-refractivity contribution in [3.8, 4) is 0 Å². The van der Waals surface area contributed by atoms with Gasteiger partial charge in [-0.25, -0.2) is 0 Å². The molecule has 7 heteroatoms. The first-order valence-corrected chi connectivity index (χ1v) is 7.44. The fraction of sp³-hybridized carbons (Fsp3) is 0. The molecule has 0 saturated heterocycles. The number of azo groups is 2. The van der Waals surface area contributed by atoms with Crippen molar-refractivity contribution >= 4 is 28.4 Å². The number of non-ortho nitro benzene ring substituents is 1.